The van der Waals surface area contributed by atoms with E-state index >= 15 is 0 Å². The molecule has 0 amide bonds. The molecule has 0 fully saturated rings. The van der Waals surface area contributed by atoms with Crippen molar-refractivity contribution in [2.24, 2.45) is 0 Å². The number of hydrogen-bond acceptors (Lipinski definition) is 3. The maximum Gasteiger partial charge on any atom is 0.163 e. The summed E-state index contributed by atoms with van der Waals surface area (Å²) in [7, 11) is 3.27. The molecule has 0 aliphatic heterocycles. The van der Waals surface area contributed by atoms with Gasteiger partial charge >= 0.3 is 0 Å². The van der Waals surface area contributed by atoms with Gasteiger partial charge in [-0.3, -0.25) is 4.79 Å². The van der Waals surface area contributed by atoms with Crippen molar-refractivity contribution in [3.05, 3.63) is 59.7 Å². The van der Waals surface area contributed by atoms with Gasteiger partial charge in [0.05, 0.1) is 14.2 Å². The molecular formula is C19H22O3. The smallest absolute Gasteiger partial charge is 0.163 e. The van der Waals surface area contributed by atoms with Crippen molar-refractivity contribution >= 4 is 5.78 Å². The van der Waals surface area contributed by atoms with E-state index in [4.69, 9.17) is 9.47 Å². The first-order valence-corrected chi connectivity index (χ1v) is 7.49. The molecule has 2 rings (SSSR count). The van der Waals surface area contributed by atoms with E-state index in [2.05, 4.69) is 6.92 Å². The minimum atomic E-state index is 0.158. The molecule has 0 saturated carbocycles. The molecule has 0 aliphatic rings. The van der Waals surface area contributed by atoms with E-state index in [1.807, 2.05) is 48.5 Å². The molecule has 0 heterocycles. The van der Waals surface area contributed by atoms with Gasteiger partial charge < -0.3 is 9.47 Å². The Balaban J connectivity index is 2.09. The molecule has 3 heteroatoms. The van der Waals surface area contributed by atoms with Gasteiger partial charge in [-0.05, 0) is 54.3 Å². The SMILES string of the molecule is CCC(CC(=O)c1ccc(OC)cc1)c1ccc(OC)cc1. The fourth-order valence-electron chi connectivity index (χ4n) is 2.49. The zero-order valence-corrected chi connectivity index (χ0v) is 13.3. The Labute approximate surface area is 131 Å². The number of ketones is 1. The van der Waals surface area contributed by atoms with Crippen LogP contribution < -0.4 is 9.47 Å². The highest BCUT2D eigenvalue weighted by molar-refractivity contribution is 5.96. The lowest BCUT2D eigenvalue weighted by Crippen LogP contribution is -2.07. The summed E-state index contributed by atoms with van der Waals surface area (Å²) in [6, 6.07) is 15.2. The molecule has 3 nitrogen and oxygen atoms in total. The maximum atomic E-state index is 12.4. The van der Waals surface area contributed by atoms with E-state index in [1.54, 1.807) is 14.2 Å². The second-order valence-corrected chi connectivity index (χ2v) is 5.23. The van der Waals surface area contributed by atoms with Gasteiger partial charge in [0.15, 0.2) is 5.78 Å². The Bertz CT molecular complexity index is 600. The zero-order valence-electron chi connectivity index (χ0n) is 13.3. The molecule has 0 spiro atoms. The maximum absolute atomic E-state index is 12.4. The van der Waals surface area contributed by atoms with Gasteiger partial charge in [0.2, 0.25) is 0 Å². The minimum absolute atomic E-state index is 0.158. The van der Waals surface area contributed by atoms with Crippen LogP contribution in [0.15, 0.2) is 48.5 Å². The molecule has 22 heavy (non-hydrogen) atoms. The van der Waals surface area contributed by atoms with Crippen molar-refractivity contribution < 1.29 is 14.3 Å². The third-order valence-electron chi connectivity index (χ3n) is 3.92. The summed E-state index contributed by atoms with van der Waals surface area (Å²) in [5.41, 5.74) is 1.90. The third-order valence-corrected chi connectivity index (χ3v) is 3.92. The van der Waals surface area contributed by atoms with Crippen LogP contribution in [0.25, 0.3) is 0 Å². The number of Topliss-reactive ketones (excluding diaryl/α,β-unsaturated/α-hetero) is 1. The first-order chi connectivity index (χ1) is 10.7. The zero-order chi connectivity index (χ0) is 15.9. The minimum Gasteiger partial charge on any atom is -0.497 e. The first-order valence-electron chi connectivity index (χ1n) is 7.49. The lowest BCUT2D eigenvalue weighted by atomic mass is 9.89. The van der Waals surface area contributed by atoms with Crippen LogP contribution in [0.5, 0.6) is 11.5 Å². The second-order valence-electron chi connectivity index (χ2n) is 5.23. The fourth-order valence-corrected chi connectivity index (χ4v) is 2.49. The summed E-state index contributed by atoms with van der Waals surface area (Å²) >= 11 is 0. The molecule has 0 N–H and O–H groups in total. The van der Waals surface area contributed by atoms with E-state index in [9.17, 15) is 4.79 Å². The Morgan fingerprint density at radius 1 is 0.909 bits per heavy atom. The number of ether oxygens (including phenoxy) is 2. The summed E-state index contributed by atoms with van der Waals surface area (Å²) in [4.78, 5) is 12.4. The van der Waals surface area contributed by atoms with Crippen LogP contribution in [0, 0.1) is 0 Å². The van der Waals surface area contributed by atoms with E-state index in [-0.39, 0.29) is 11.7 Å². The number of carbonyl (C=O) groups is 1. The molecule has 116 valence electrons. The van der Waals surface area contributed by atoms with Gasteiger partial charge in [-0.1, -0.05) is 19.1 Å². The number of benzene rings is 2. The van der Waals surface area contributed by atoms with Crippen LogP contribution in [-0.4, -0.2) is 20.0 Å². The Morgan fingerprint density at radius 2 is 1.41 bits per heavy atom. The average Bonchev–Trinajstić information content (AvgIpc) is 2.59. The van der Waals surface area contributed by atoms with Crippen LogP contribution in [0.3, 0.4) is 0 Å². The van der Waals surface area contributed by atoms with Crippen molar-refractivity contribution in [3.63, 3.8) is 0 Å². The Morgan fingerprint density at radius 3 is 1.86 bits per heavy atom. The van der Waals surface area contributed by atoms with Gasteiger partial charge in [0, 0.05) is 12.0 Å². The highest BCUT2D eigenvalue weighted by atomic mass is 16.5. The topological polar surface area (TPSA) is 35.5 Å². The predicted octanol–water partition coefficient (Wildman–Crippen LogP) is 4.47. The molecule has 0 aromatic heterocycles. The number of hydrogen-bond donors (Lipinski definition) is 0. The fraction of sp³-hybridized carbons (Fsp3) is 0.316. The third kappa shape index (κ3) is 3.88. The molecule has 1 atom stereocenters. The van der Waals surface area contributed by atoms with E-state index in [0.29, 0.717) is 6.42 Å². The van der Waals surface area contributed by atoms with Crippen molar-refractivity contribution in [2.75, 3.05) is 14.2 Å². The molecule has 0 bridgehead atoms. The van der Waals surface area contributed by atoms with Crippen LogP contribution >= 0.6 is 0 Å². The quantitative estimate of drug-likeness (QED) is 0.707. The van der Waals surface area contributed by atoms with Crippen molar-refractivity contribution in [1.82, 2.24) is 0 Å². The summed E-state index contributed by atoms with van der Waals surface area (Å²) in [5.74, 6) is 1.98. The summed E-state index contributed by atoms with van der Waals surface area (Å²) in [6.45, 7) is 2.11. The normalized spacial score (nSPS) is 11.8. The van der Waals surface area contributed by atoms with Gasteiger partial charge in [0.1, 0.15) is 11.5 Å². The monoisotopic (exact) mass is 298 g/mol. The van der Waals surface area contributed by atoms with Gasteiger partial charge in [0.25, 0.3) is 0 Å². The number of methoxy groups -OCH3 is 2. The highest BCUT2D eigenvalue weighted by Crippen LogP contribution is 2.27. The van der Waals surface area contributed by atoms with Crippen LogP contribution in [-0.2, 0) is 0 Å². The number of rotatable bonds is 7. The summed E-state index contributed by atoms with van der Waals surface area (Å²) < 4.78 is 10.3. The van der Waals surface area contributed by atoms with Crippen molar-refractivity contribution in [2.45, 2.75) is 25.7 Å². The number of carbonyl (C=O) groups excluding carboxylic acids is 1. The van der Waals surface area contributed by atoms with Gasteiger partial charge in [-0.25, -0.2) is 0 Å². The first kappa shape index (κ1) is 16.1. The summed E-state index contributed by atoms with van der Waals surface area (Å²) in [6.07, 6.45) is 1.43. The van der Waals surface area contributed by atoms with E-state index < -0.39 is 0 Å². The van der Waals surface area contributed by atoms with Gasteiger partial charge in [-0.15, -0.1) is 0 Å². The van der Waals surface area contributed by atoms with Crippen LogP contribution in [0.1, 0.15) is 41.6 Å². The highest BCUT2D eigenvalue weighted by Gasteiger charge is 2.16. The molecule has 0 radical (unpaired) electrons. The summed E-state index contributed by atoms with van der Waals surface area (Å²) in [5, 5.41) is 0. The lowest BCUT2D eigenvalue weighted by Gasteiger charge is -2.15. The molecule has 1 unspecified atom stereocenters. The largest absolute Gasteiger partial charge is 0.497 e. The Hall–Kier alpha value is -2.29. The predicted molar refractivity (Wildman–Crippen MR) is 88.0 cm³/mol. The average molecular weight is 298 g/mol. The molecule has 2 aromatic carbocycles. The second kappa shape index (κ2) is 7.64. The molecule has 2 aromatic rings. The van der Waals surface area contributed by atoms with Crippen LogP contribution in [0.4, 0.5) is 0 Å². The van der Waals surface area contributed by atoms with Crippen LogP contribution in [0.2, 0.25) is 0 Å². The van der Waals surface area contributed by atoms with E-state index in [0.717, 1.165) is 23.5 Å². The van der Waals surface area contributed by atoms with Gasteiger partial charge in [-0.2, -0.15) is 0 Å². The van der Waals surface area contributed by atoms with E-state index in [1.165, 1.54) is 5.56 Å². The molecular weight excluding hydrogens is 276 g/mol. The van der Waals surface area contributed by atoms with Crippen molar-refractivity contribution in [3.8, 4) is 11.5 Å². The molecule has 0 aliphatic carbocycles. The van der Waals surface area contributed by atoms with Crippen molar-refractivity contribution in [1.29, 1.82) is 0 Å². The lowest BCUT2D eigenvalue weighted by molar-refractivity contribution is 0.0973. The molecule has 0 saturated heterocycles. The standard InChI is InChI=1S/C19H22O3/c1-4-14(15-5-9-17(21-2)10-6-15)13-19(20)16-7-11-18(22-3)12-8-16/h5-12,14H,4,13H2,1-3H3. The Kier molecular flexibility index (Phi) is 5.59.